The van der Waals surface area contributed by atoms with E-state index in [0.29, 0.717) is 17.1 Å². The van der Waals surface area contributed by atoms with Crippen LogP contribution in [0, 0.1) is 0 Å². The molecule has 0 fully saturated rings. The summed E-state index contributed by atoms with van der Waals surface area (Å²) in [4.78, 5) is 6.26. The zero-order chi connectivity index (χ0) is 14.9. The van der Waals surface area contributed by atoms with Crippen LogP contribution in [0.25, 0.3) is 0 Å². The zero-order valence-corrected chi connectivity index (χ0v) is 13.1. The Morgan fingerprint density at radius 1 is 1.37 bits per heavy atom. The van der Waals surface area contributed by atoms with Crippen LogP contribution < -0.4 is 0 Å². The number of hydrogen-bond acceptors (Lipinski definition) is 5. The van der Waals surface area contributed by atoms with Gasteiger partial charge < -0.3 is 4.84 Å². The summed E-state index contributed by atoms with van der Waals surface area (Å²) < 4.78 is 12.0. The molecule has 1 aliphatic heterocycles. The van der Waals surface area contributed by atoms with Crippen molar-refractivity contribution in [1.82, 2.24) is 15.0 Å². The highest BCUT2D eigenvalue weighted by molar-refractivity contribution is 7.79. The van der Waals surface area contributed by atoms with Gasteiger partial charge in [-0.25, -0.2) is 4.39 Å². The number of alkyl halides is 1. The maximum absolute atomic E-state index is 12.0. The minimum absolute atomic E-state index is 0.0278. The highest BCUT2D eigenvalue weighted by Gasteiger charge is 2.21. The van der Waals surface area contributed by atoms with E-state index >= 15 is 0 Å². The SMILES string of the molecule is CC.CC1(C)CC=NO1.Cn1nc(CF)c(CS)n1. The predicted molar refractivity (Wildman–Crippen MR) is 78.1 cm³/mol. The summed E-state index contributed by atoms with van der Waals surface area (Å²) in [5.74, 6) is 0.438. The first kappa shape index (κ1) is 17.9. The second-order valence-corrected chi connectivity index (χ2v) is 4.53. The molecule has 0 aliphatic carbocycles. The lowest BCUT2D eigenvalue weighted by Crippen LogP contribution is -2.16. The number of halogens is 1. The second-order valence-electron chi connectivity index (χ2n) is 4.22. The third-order valence-corrected chi connectivity index (χ3v) is 2.40. The van der Waals surface area contributed by atoms with Crippen LogP contribution in [0.4, 0.5) is 4.39 Å². The molecular formula is C12H23FN4OS. The summed E-state index contributed by atoms with van der Waals surface area (Å²) in [6, 6.07) is 0. The molecule has 1 aromatic rings. The van der Waals surface area contributed by atoms with E-state index in [2.05, 4.69) is 28.0 Å². The van der Waals surface area contributed by atoms with Gasteiger partial charge in [0.2, 0.25) is 0 Å². The molecule has 2 heterocycles. The van der Waals surface area contributed by atoms with E-state index in [4.69, 9.17) is 4.84 Å². The molecule has 0 saturated heterocycles. The first-order valence-corrected chi connectivity index (χ1v) is 6.87. The summed E-state index contributed by atoms with van der Waals surface area (Å²) in [7, 11) is 1.66. The van der Waals surface area contributed by atoms with Crippen molar-refractivity contribution in [2.75, 3.05) is 0 Å². The van der Waals surface area contributed by atoms with Gasteiger partial charge in [-0.2, -0.15) is 27.6 Å². The fraction of sp³-hybridized carbons (Fsp3) is 0.750. The molecule has 110 valence electrons. The Labute approximate surface area is 119 Å². The third kappa shape index (κ3) is 6.56. The molecule has 1 aliphatic rings. The average molecular weight is 290 g/mol. The van der Waals surface area contributed by atoms with Crippen molar-refractivity contribution in [2.24, 2.45) is 12.2 Å². The van der Waals surface area contributed by atoms with E-state index in [-0.39, 0.29) is 5.60 Å². The van der Waals surface area contributed by atoms with Gasteiger partial charge in [0, 0.05) is 25.4 Å². The number of thiol groups is 1. The van der Waals surface area contributed by atoms with Crippen LogP contribution >= 0.6 is 12.6 Å². The Balaban J connectivity index is 0.000000316. The van der Waals surface area contributed by atoms with E-state index in [0.717, 1.165) is 6.42 Å². The van der Waals surface area contributed by atoms with E-state index in [1.165, 1.54) is 4.80 Å². The van der Waals surface area contributed by atoms with Crippen molar-refractivity contribution in [2.45, 2.75) is 52.1 Å². The fourth-order valence-corrected chi connectivity index (χ4v) is 1.43. The Kier molecular flexibility index (Phi) is 8.38. The smallest absolute Gasteiger partial charge is 0.137 e. The Bertz CT molecular complexity index is 362. The molecule has 7 heteroatoms. The van der Waals surface area contributed by atoms with Crippen LogP contribution in [0.3, 0.4) is 0 Å². The molecule has 0 spiro atoms. The number of aromatic nitrogens is 3. The minimum atomic E-state index is -0.566. The second kappa shape index (κ2) is 8.90. The van der Waals surface area contributed by atoms with Crippen LogP contribution in [-0.2, 0) is 24.3 Å². The molecule has 0 amide bonds. The van der Waals surface area contributed by atoms with Crippen molar-refractivity contribution in [3.8, 4) is 0 Å². The van der Waals surface area contributed by atoms with E-state index in [1.807, 2.05) is 27.7 Å². The van der Waals surface area contributed by atoms with Crippen molar-refractivity contribution < 1.29 is 9.23 Å². The number of oxime groups is 1. The van der Waals surface area contributed by atoms with E-state index in [9.17, 15) is 4.39 Å². The van der Waals surface area contributed by atoms with Gasteiger partial charge in [0.05, 0.1) is 5.69 Å². The summed E-state index contributed by atoms with van der Waals surface area (Å²) in [6.07, 6.45) is 2.73. The maximum Gasteiger partial charge on any atom is 0.137 e. The average Bonchev–Trinajstić information content (AvgIpc) is 2.97. The van der Waals surface area contributed by atoms with Gasteiger partial charge in [-0.3, -0.25) is 0 Å². The van der Waals surface area contributed by atoms with Gasteiger partial charge in [0.1, 0.15) is 18.0 Å². The highest BCUT2D eigenvalue weighted by Crippen LogP contribution is 2.17. The monoisotopic (exact) mass is 290 g/mol. The molecule has 0 radical (unpaired) electrons. The standard InChI is InChI=1S/C5H8FN3S.C5H9NO.C2H6/c1-9-7-4(2-6)5(3-10)8-9;1-5(2)3-4-6-7-5;1-2/h10H,2-3H2,1H3;4H,3H2,1-2H3;1-2H3. The zero-order valence-electron chi connectivity index (χ0n) is 12.2. The first-order chi connectivity index (χ1) is 8.98. The molecule has 2 rings (SSSR count). The summed E-state index contributed by atoms with van der Waals surface area (Å²) in [5, 5.41) is 11.3. The van der Waals surface area contributed by atoms with Crippen molar-refractivity contribution in [3.05, 3.63) is 11.4 Å². The topological polar surface area (TPSA) is 52.3 Å². The van der Waals surface area contributed by atoms with Crippen LogP contribution in [0.15, 0.2) is 5.16 Å². The number of rotatable bonds is 2. The normalized spacial score (nSPS) is 14.9. The fourth-order valence-electron chi connectivity index (χ4n) is 1.19. The van der Waals surface area contributed by atoms with Gasteiger partial charge in [0.25, 0.3) is 0 Å². The molecule has 0 saturated carbocycles. The van der Waals surface area contributed by atoms with E-state index < -0.39 is 6.67 Å². The molecule has 0 aromatic carbocycles. The lowest BCUT2D eigenvalue weighted by Gasteiger charge is -2.12. The van der Waals surface area contributed by atoms with Gasteiger partial charge in [-0.1, -0.05) is 19.0 Å². The molecule has 5 nitrogen and oxygen atoms in total. The number of hydrogen-bond donors (Lipinski definition) is 1. The van der Waals surface area contributed by atoms with Crippen molar-refractivity contribution in [1.29, 1.82) is 0 Å². The quantitative estimate of drug-likeness (QED) is 0.852. The summed E-state index contributed by atoms with van der Waals surface area (Å²) >= 11 is 3.96. The molecule has 0 bridgehead atoms. The molecule has 0 unspecified atom stereocenters. The molecule has 1 aromatic heterocycles. The van der Waals surface area contributed by atoms with Crippen molar-refractivity contribution >= 4 is 18.8 Å². The van der Waals surface area contributed by atoms with E-state index in [1.54, 1.807) is 13.3 Å². The predicted octanol–water partition coefficient (Wildman–Crippen LogP) is 2.91. The van der Waals surface area contributed by atoms with Crippen LogP contribution in [0.1, 0.15) is 45.5 Å². The first-order valence-electron chi connectivity index (χ1n) is 6.24. The van der Waals surface area contributed by atoms with Gasteiger partial charge in [0.15, 0.2) is 0 Å². The lowest BCUT2D eigenvalue weighted by molar-refractivity contribution is 0.0123. The summed E-state index contributed by atoms with van der Waals surface area (Å²) in [5.41, 5.74) is 0.978. The minimum Gasteiger partial charge on any atom is -0.390 e. The largest absolute Gasteiger partial charge is 0.390 e. The third-order valence-electron chi connectivity index (χ3n) is 2.10. The highest BCUT2D eigenvalue weighted by atomic mass is 32.1. The van der Waals surface area contributed by atoms with Gasteiger partial charge in [-0.15, -0.1) is 0 Å². The summed E-state index contributed by atoms with van der Waals surface area (Å²) in [6.45, 7) is 7.46. The molecule has 19 heavy (non-hydrogen) atoms. The van der Waals surface area contributed by atoms with Crippen LogP contribution in [0.2, 0.25) is 0 Å². The Hall–Kier alpha value is -1.11. The van der Waals surface area contributed by atoms with Gasteiger partial charge >= 0.3 is 0 Å². The Morgan fingerprint density at radius 3 is 2.21 bits per heavy atom. The maximum atomic E-state index is 12.0. The van der Waals surface area contributed by atoms with Crippen molar-refractivity contribution in [3.63, 3.8) is 0 Å². The molecular weight excluding hydrogens is 267 g/mol. The number of aryl methyl sites for hydroxylation is 1. The lowest BCUT2D eigenvalue weighted by atomic mass is 10.1. The van der Waals surface area contributed by atoms with Crippen LogP contribution in [0.5, 0.6) is 0 Å². The Morgan fingerprint density at radius 2 is 1.95 bits per heavy atom. The molecule has 0 atom stereocenters. The number of nitrogens with zero attached hydrogens (tertiary/aromatic N) is 4. The molecule has 0 N–H and O–H groups in total. The van der Waals surface area contributed by atoms with Gasteiger partial charge in [-0.05, 0) is 13.8 Å². The van der Waals surface area contributed by atoms with Crippen LogP contribution in [-0.4, -0.2) is 26.8 Å².